The van der Waals surface area contributed by atoms with Gasteiger partial charge in [0.1, 0.15) is 5.82 Å². The third-order valence-corrected chi connectivity index (χ3v) is 4.58. The number of rotatable bonds is 5. The molecule has 27 heavy (non-hydrogen) atoms. The first-order chi connectivity index (χ1) is 13.1. The van der Waals surface area contributed by atoms with Gasteiger partial charge in [-0.3, -0.25) is 4.79 Å². The number of carbonyl (C=O) groups excluding carboxylic acids is 2. The van der Waals surface area contributed by atoms with Crippen molar-refractivity contribution in [1.82, 2.24) is 10.2 Å². The summed E-state index contributed by atoms with van der Waals surface area (Å²) in [5.74, 6) is -0.371. The molecular weight excluding hydrogens is 347 g/mol. The fraction of sp³-hybridized carbons (Fsp3) is 0.300. The first-order valence-corrected chi connectivity index (χ1v) is 8.94. The van der Waals surface area contributed by atoms with E-state index in [0.717, 1.165) is 11.1 Å². The number of carbonyl (C=O) groups is 2. The second-order valence-corrected chi connectivity index (χ2v) is 6.42. The van der Waals surface area contributed by atoms with Gasteiger partial charge in [0, 0.05) is 31.7 Å². The largest absolute Gasteiger partial charge is 0.338 e. The highest BCUT2D eigenvalue weighted by Gasteiger charge is 2.22. The normalized spacial score (nSPS) is 13.0. The standard InChI is InChI=1S/C20H23FN4O2/c1-22-11-9-19(26)25-12-10-15-14(13-25)5-4-8-17(15)23-20(27)24-18-7-3-2-6-16(18)21/h2-8,22H,9-13H2,1H3,(H2,23,24,27). The number of fused-ring (bicyclic) bond motifs is 1. The third kappa shape index (κ3) is 4.62. The summed E-state index contributed by atoms with van der Waals surface area (Å²) in [6.45, 7) is 1.80. The minimum Gasteiger partial charge on any atom is -0.338 e. The second-order valence-electron chi connectivity index (χ2n) is 6.42. The fourth-order valence-corrected chi connectivity index (χ4v) is 3.17. The summed E-state index contributed by atoms with van der Waals surface area (Å²) in [4.78, 5) is 26.3. The molecule has 2 aromatic carbocycles. The Morgan fingerprint density at radius 2 is 1.81 bits per heavy atom. The third-order valence-electron chi connectivity index (χ3n) is 4.58. The van der Waals surface area contributed by atoms with E-state index < -0.39 is 11.8 Å². The molecule has 1 aliphatic heterocycles. The minimum atomic E-state index is -0.499. The van der Waals surface area contributed by atoms with Crippen LogP contribution in [0.3, 0.4) is 0 Å². The molecule has 7 heteroatoms. The van der Waals surface area contributed by atoms with Crippen molar-refractivity contribution in [3.05, 3.63) is 59.4 Å². The Labute approximate surface area is 157 Å². The number of anilines is 2. The second kappa shape index (κ2) is 8.64. The fourth-order valence-electron chi connectivity index (χ4n) is 3.17. The van der Waals surface area contributed by atoms with Gasteiger partial charge >= 0.3 is 6.03 Å². The van der Waals surface area contributed by atoms with E-state index in [2.05, 4.69) is 16.0 Å². The van der Waals surface area contributed by atoms with Crippen molar-refractivity contribution in [1.29, 1.82) is 0 Å². The summed E-state index contributed by atoms with van der Waals surface area (Å²) >= 11 is 0. The van der Waals surface area contributed by atoms with Gasteiger partial charge in [0.05, 0.1) is 5.69 Å². The van der Waals surface area contributed by atoms with Crippen molar-refractivity contribution in [2.24, 2.45) is 0 Å². The van der Waals surface area contributed by atoms with Crippen LogP contribution in [-0.2, 0) is 17.8 Å². The summed E-state index contributed by atoms with van der Waals surface area (Å²) in [6.07, 6.45) is 1.13. The van der Waals surface area contributed by atoms with Crippen molar-refractivity contribution < 1.29 is 14.0 Å². The highest BCUT2D eigenvalue weighted by molar-refractivity contribution is 6.00. The summed E-state index contributed by atoms with van der Waals surface area (Å²) < 4.78 is 13.7. The first-order valence-electron chi connectivity index (χ1n) is 8.94. The molecule has 0 spiro atoms. The topological polar surface area (TPSA) is 73.5 Å². The predicted molar refractivity (Wildman–Crippen MR) is 103 cm³/mol. The number of hydrogen-bond donors (Lipinski definition) is 3. The number of amides is 3. The monoisotopic (exact) mass is 370 g/mol. The van der Waals surface area contributed by atoms with Gasteiger partial charge < -0.3 is 20.9 Å². The molecule has 3 amide bonds. The Bertz CT molecular complexity index is 840. The van der Waals surface area contributed by atoms with Gasteiger partial charge in [-0.2, -0.15) is 0 Å². The lowest BCUT2D eigenvalue weighted by Gasteiger charge is -2.30. The van der Waals surface area contributed by atoms with Crippen LogP contribution < -0.4 is 16.0 Å². The zero-order valence-corrected chi connectivity index (χ0v) is 15.2. The summed E-state index contributed by atoms with van der Waals surface area (Å²) in [7, 11) is 1.82. The van der Waals surface area contributed by atoms with Gasteiger partial charge in [-0.05, 0) is 42.8 Å². The number of nitrogens with zero attached hydrogens (tertiary/aromatic N) is 1. The SMILES string of the molecule is CNCCC(=O)N1CCc2c(cccc2NC(=O)Nc2ccccc2F)C1. The van der Waals surface area contributed by atoms with Gasteiger partial charge in [0.25, 0.3) is 0 Å². The van der Waals surface area contributed by atoms with Crippen LogP contribution in [0.5, 0.6) is 0 Å². The number of nitrogens with one attached hydrogen (secondary N) is 3. The first kappa shape index (κ1) is 18.8. The molecule has 0 aliphatic carbocycles. The molecule has 0 atom stereocenters. The number of halogens is 1. The number of urea groups is 1. The molecule has 0 unspecified atom stereocenters. The zero-order chi connectivity index (χ0) is 19.2. The van der Waals surface area contributed by atoms with E-state index >= 15 is 0 Å². The van der Waals surface area contributed by atoms with Gasteiger partial charge in [0.2, 0.25) is 5.91 Å². The molecule has 0 fully saturated rings. The van der Waals surface area contributed by atoms with E-state index in [0.29, 0.717) is 38.2 Å². The smallest absolute Gasteiger partial charge is 0.323 e. The predicted octanol–water partition coefficient (Wildman–Crippen LogP) is 2.96. The Hall–Kier alpha value is -2.93. The summed E-state index contributed by atoms with van der Waals surface area (Å²) in [5, 5.41) is 8.30. The van der Waals surface area contributed by atoms with Crippen molar-refractivity contribution in [2.45, 2.75) is 19.4 Å². The van der Waals surface area contributed by atoms with Gasteiger partial charge in [0.15, 0.2) is 0 Å². The highest BCUT2D eigenvalue weighted by atomic mass is 19.1. The van der Waals surface area contributed by atoms with Crippen LogP contribution in [0.4, 0.5) is 20.6 Å². The molecule has 0 saturated carbocycles. The van der Waals surface area contributed by atoms with Crippen LogP contribution in [-0.4, -0.2) is 37.0 Å². The molecule has 3 N–H and O–H groups in total. The molecule has 2 aromatic rings. The Morgan fingerprint density at radius 1 is 1.07 bits per heavy atom. The van der Waals surface area contributed by atoms with Crippen molar-refractivity contribution in [3.8, 4) is 0 Å². The van der Waals surface area contributed by atoms with Crippen LogP contribution >= 0.6 is 0 Å². The van der Waals surface area contributed by atoms with Crippen molar-refractivity contribution >= 4 is 23.3 Å². The Kier molecular flexibility index (Phi) is 6.03. The van der Waals surface area contributed by atoms with E-state index in [1.807, 2.05) is 30.1 Å². The van der Waals surface area contributed by atoms with Crippen LogP contribution in [0.25, 0.3) is 0 Å². The minimum absolute atomic E-state index is 0.116. The van der Waals surface area contributed by atoms with Crippen LogP contribution in [0.1, 0.15) is 17.5 Å². The summed E-state index contributed by atoms with van der Waals surface area (Å²) in [5.41, 5.74) is 2.84. The lowest BCUT2D eigenvalue weighted by molar-refractivity contribution is -0.132. The average Bonchev–Trinajstić information content (AvgIpc) is 2.67. The molecule has 1 aliphatic rings. The zero-order valence-electron chi connectivity index (χ0n) is 15.2. The maximum Gasteiger partial charge on any atom is 0.323 e. The average molecular weight is 370 g/mol. The van der Waals surface area contributed by atoms with Crippen LogP contribution in [0, 0.1) is 5.82 Å². The summed E-state index contributed by atoms with van der Waals surface area (Å²) in [6, 6.07) is 11.1. The molecule has 0 bridgehead atoms. The maximum atomic E-state index is 13.7. The quantitative estimate of drug-likeness (QED) is 0.758. The highest BCUT2D eigenvalue weighted by Crippen LogP contribution is 2.27. The van der Waals surface area contributed by atoms with E-state index in [4.69, 9.17) is 0 Å². The van der Waals surface area contributed by atoms with Gasteiger partial charge in [-0.1, -0.05) is 24.3 Å². The van der Waals surface area contributed by atoms with Crippen LogP contribution in [0.2, 0.25) is 0 Å². The van der Waals surface area contributed by atoms with E-state index in [1.54, 1.807) is 12.1 Å². The van der Waals surface area contributed by atoms with Crippen molar-refractivity contribution in [3.63, 3.8) is 0 Å². The van der Waals surface area contributed by atoms with Gasteiger partial charge in [-0.15, -0.1) is 0 Å². The van der Waals surface area contributed by atoms with Crippen LogP contribution in [0.15, 0.2) is 42.5 Å². The molecule has 142 valence electrons. The molecule has 1 heterocycles. The lowest BCUT2D eigenvalue weighted by Crippen LogP contribution is -2.37. The number of hydrogen-bond acceptors (Lipinski definition) is 3. The number of para-hydroxylation sites is 1. The van der Waals surface area contributed by atoms with Crippen molar-refractivity contribution in [2.75, 3.05) is 30.8 Å². The Balaban J connectivity index is 1.68. The maximum absolute atomic E-state index is 13.7. The molecule has 0 radical (unpaired) electrons. The lowest BCUT2D eigenvalue weighted by atomic mass is 9.97. The van der Waals surface area contributed by atoms with E-state index in [9.17, 15) is 14.0 Å². The van der Waals surface area contributed by atoms with E-state index in [1.165, 1.54) is 12.1 Å². The Morgan fingerprint density at radius 3 is 2.59 bits per heavy atom. The molecule has 3 rings (SSSR count). The molecule has 6 nitrogen and oxygen atoms in total. The molecule has 0 aromatic heterocycles. The van der Waals surface area contributed by atoms with Gasteiger partial charge in [-0.25, -0.2) is 9.18 Å². The molecular formula is C20H23FN4O2. The number of benzene rings is 2. The van der Waals surface area contributed by atoms with E-state index in [-0.39, 0.29) is 11.6 Å². The molecule has 0 saturated heterocycles.